The van der Waals surface area contributed by atoms with Gasteiger partial charge < -0.3 is 14.8 Å². The van der Waals surface area contributed by atoms with Crippen molar-refractivity contribution in [1.29, 1.82) is 0 Å². The number of amides is 1. The van der Waals surface area contributed by atoms with Crippen LogP contribution in [0.2, 0.25) is 0 Å². The van der Waals surface area contributed by atoms with Gasteiger partial charge in [-0.25, -0.2) is 9.59 Å². The third-order valence-electron chi connectivity index (χ3n) is 1.80. The summed E-state index contributed by atoms with van der Waals surface area (Å²) < 4.78 is 10.4. The second kappa shape index (κ2) is 7.03. The molecule has 0 aromatic heterocycles. The molecule has 6 heteroatoms. The number of nitrogens with one attached hydrogen (secondary N) is 1. The second-order valence-corrected chi connectivity index (χ2v) is 6.69. The summed E-state index contributed by atoms with van der Waals surface area (Å²) in [5.74, 6) is -0.0212. The first-order valence-corrected chi connectivity index (χ1v) is 6.91. The van der Waals surface area contributed by atoms with Crippen LogP contribution in [-0.2, 0) is 14.3 Å². The van der Waals surface area contributed by atoms with Crippen LogP contribution in [0.1, 0.15) is 48.0 Å². The van der Waals surface area contributed by atoms with Gasteiger partial charge in [-0.3, -0.25) is 0 Å². The summed E-state index contributed by atoms with van der Waals surface area (Å²) in [7, 11) is 0. The maximum Gasteiger partial charge on any atom is 0.408 e. The van der Waals surface area contributed by atoms with Crippen LogP contribution in [0.3, 0.4) is 0 Å². The minimum absolute atomic E-state index is 0.386. The van der Waals surface area contributed by atoms with Gasteiger partial charge in [0.05, 0.1) is 0 Å². The number of thiol groups is 1. The molecule has 0 spiro atoms. The van der Waals surface area contributed by atoms with Crippen LogP contribution in [0.5, 0.6) is 0 Å². The molecule has 1 unspecified atom stereocenters. The smallest absolute Gasteiger partial charge is 0.408 e. The Morgan fingerprint density at radius 1 is 1.05 bits per heavy atom. The van der Waals surface area contributed by atoms with Gasteiger partial charge in [0.15, 0.2) is 0 Å². The molecular formula is C13H25NO4S. The minimum atomic E-state index is -0.744. The van der Waals surface area contributed by atoms with Gasteiger partial charge in [0.25, 0.3) is 0 Å². The topological polar surface area (TPSA) is 64.6 Å². The lowest BCUT2D eigenvalue weighted by Gasteiger charge is -2.26. The number of carbonyl (C=O) groups is 2. The monoisotopic (exact) mass is 291 g/mol. The first kappa shape index (κ1) is 18.1. The second-order valence-electron chi connectivity index (χ2n) is 6.24. The molecule has 1 amide bonds. The lowest BCUT2D eigenvalue weighted by molar-refractivity contribution is -0.157. The molecule has 1 N–H and O–H groups in total. The number of esters is 1. The Hall–Kier alpha value is -0.910. The maximum absolute atomic E-state index is 11.9. The molecule has 0 fully saturated rings. The number of ether oxygens (including phenoxy) is 2. The Kier molecular flexibility index (Phi) is 6.69. The fraction of sp³-hybridized carbons (Fsp3) is 0.846. The van der Waals surface area contributed by atoms with Crippen LogP contribution in [0, 0.1) is 0 Å². The molecule has 0 aromatic rings. The quantitative estimate of drug-likeness (QED) is 0.617. The summed E-state index contributed by atoms with van der Waals surface area (Å²) >= 11 is 4.07. The largest absolute Gasteiger partial charge is 0.458 e. The van der Waals surface area contributed by atoms with Crippen molar-refractivity contribution in [3.63, 3.8) is 0 Å². The molecule has 112 valence electrons. The molecule has 1 atom stereocenters. The summed E-state index contributed by atoms with van der Waals surface area (Å²) in [6, 6.07) is -0.744. The number of rotatable bonds is 4. The number of carbonyl (C=O) groups excluding carboxylic acids is 2. The molecule has 0 aliphatic carbocycles. The van der Waals surface area contributed by atoms with E-state index in [2.05, 4.69) is 17.9 Å². The Labute approximate surface area is 120 Å². The molecule has 0 rings (SSSR count). The van der Waals surface area contributed by atoms with Crippen LogP contribution in [-0.4, -0.2) is 35.1 Å². The Morgan fingerprint density at radius 2 is 1.53 bits per heavy atom. The molecule has 0 aliphatic rings. The normalized spacial score (nSPS) is 13.6. The zero-order chi connectivity index (χ0) is 15.3. The standard InChI is InChI=1S/C13H25NO4S/c1-12(2,3)17-10(15)9(7-8-19)14-11(16)18-13(4,5)6/h9,19H,7-8H2,1-6H3,(H,14,16). The zero-order valence-corrected chi connectivity index (χ0v) is 13.5. The number of hydrogen-bond donors (Lipinski definition) is 2. The van der Waals surface area contributed by atoms with E-state index in [1.807, 2.05) is 0 Å². The third kappa shape index (κ3) is 9.64. The molecule has 0 aliphatic heterocycles. The molecular weight excluding hydrogens is 266 g/mol. The van der Waals surface area contributed by atoms with Crippen molar-refractivity contribution in [2.75, 3.05) is 5.75 Å². The van der Waals surface area contributed by atoms with Gasteiger partial charge in [-0.1, -0.05) is 0 Å². The number of hydrogen-bond acceptors (Lipinski definition) is 5. The Balaban J connectivity index is 4.57. The first-order valence-electron chi connectivity index (χ1n) is 6.28. The molecule has 0 bridgehead atoms. The molecule has 0 aromatic carbocycles. The average Bonchev–Trinajstić information content (AvgIpc) is 2.10. The Morgan fingerprint density at radius 3 is 1.89 bits per heavy atom. The molecule has 0 heterocycles. The highest BCUT2D eigenvalue weighted by Gasteiger charge is 2.27. The highest BCUT2D eigenvalue weighted by atomic mass is 32.1. The highest BCUT2D eigenvalue weighted by Crippen LogP contribution is 2.11. The van der Waals surface area contributed by atoms with Gasteiger partial charge in [-0.15, -0.1) is 0 Å². The predicted octanol–water partition coefficient (Wildman–Crippen LogP) is 2.54. The fourth-order valence-corrected chi connectivity index (χ4v) is 1.46. The van der Waals surface area contributed by atoms with E-state index in [0.717, 1.165) is 0 Å². The minimum Gasteiger partial charge on any atom is -0.458 e. The molecule has 0 radical (unpaired) electrons. The van der Waals surface area contributed by atoms with E-state index in [0.29, 0.717) is 12.2 Å². The van der Waals surface area contributed by atoms with E-state index >= 15 is 0 Å². The van der Waals surface area contributed by atoms with Gasteiger partial charge in [0.2, 0.25) is 0 Å². The van der Waals surface area contributed by atoms with E-state index in [1.54, 1.807) is 41.5 Å². The van der Waals surface area contributed by atoms with Crippen LogP contribution >= 0.6 is 12.6 Å². The summed E-state index contributed by atoms with van der Waals surface area (Å²) in [5.41, 5.74) is -1.20. The van der Waals surface area contributed by atoms with Crippen molar-refractivity contribution < 1.29 is 19.1 Å². The SMILES string of the molecule is CC(C)(C)OC(=O)NC(CCS)C(=O)OC(C)(C)C. The predicted molar refractivity (Wildman–Crippen MR) is 77.5 cm³/mol. The van der Waals surface area contributed by atoms with Crippen molar-refractivity contribution in [3.8, 4) is 0 Å². The maximum atomic E-state index is 11.9. The van der Waals surface area contributed by atoms with Crippen LogP contribution in [0.25, 0.3) is 0 Å². The van der Waals surface area contributed by atoms with E-state index in [9.17, 15) is 9.59 Å². The summed E-state index contributed by atoms with van der Waals surface area (Å²) in [6.07, 6.45) is -0.248. The Bertz CT molecular complexity index is 318. The molecule has 5 nitrogen and oxygen atoms in total. The van der Waals surface area contributed by atoms with E-state index in [1.165, 1.54) is 0 Å². The summed E-state index contributed by atoms with van der Waals surface area (Å²) in [4.78, 5) is 23.6. The van der Waals surface area contributed by atoms with Crippen molar-refractivity contribution >= 4 is 24.7 Å². The van der Waals surface area contributed by atoms with Crippen LogP contribution < -0.4 is 5.32 Å². The van der Waals surface area contributed by atoms with Gasteiger partial charge in [0.1, 0.15) is 17.2 Å². The fourth-order valence-electron chi connectivity index (χ4n) is 1.20. The van der Waals surface area contributed by atoms with Crippen molar-refractivity contribution in [2.24, 2.45) is 0 Å². The number of alkyl carbamates (subject to hydrolysis) is 1. The zero-order valence-electron chi connectivity index (χ0n) is 12.6. The third-order valence-corrected chi connectivity index (χ3v) is 2.06. The van der Waals surface area contributed by atoms with E-state index in [4.69, 9.17) is 9.47 Å². The van der Waals surface area contributed by atoms with Crippen LogP contribution in [0.15, 0.2) is 0 Å². The lowest BCUT2D eigenvalue weighted by atomic mass is 10.1. The van der Waals surface area contributed by atoms with Gasteiger partial charge in [0, 0.05) is 0 Å². The first-order chi connectivity index (χ1) is 8.44. The van der Waals surface area contributed by atoms with Gasteiger partial charge >= 0.3 is 12.1 Å². The van der Waals surface area contributed by atoms with Gasteiger partial charge in [-0.05, 0) is 53.7 Å². The average molecular weight is 291 g/mol. The van der Waals surface area contributed by atoms with Crippen LogP contribution in [0.4, 0.5) is 4.79 Å². The lowest BCUT2D eigenvalue weighted by Crippen LogP contribution is -2.46. The van der Waals surface area contributed by atoms with Crippen molar-refractivity contribution in [1.82, 2.24) is 5.32 Å². The molecule has 0 saturated carbocycles. The molecule has 19 heavy (non-hydrogen) atoms. The van der Waals surface area contributed by atoms with E-state index in [-0.39, 0.29) is 0 Å². The summed E-state index contributed by atoms with van der Waals surface area (Å²) in [5, 5.41) is 2.51. The summed E-state index contributed by atoms with van der Waals surface area (Å²) in [6.45, 7) is 10.6. The van der Waals surface area contributed by atoms with E-state index < -0.39 is 29.3 Å². The van der Waals surface area contributed by atoms with Crippen molar-refractivity contribution in [2.45, 2.75) is 65.2 Å². The van der Waals surface area contributed by atoms with Crippen molar-refractivity contribution in [3.05, 3.63) is 0 Å². The molecule has 0 saturated heterocycles. The highest BCUT2D eigenvalue weighted by molar-refractivity contribution is 7.80. The van der Waals surface area contributed by atoms with Gasteiger partial charge in [-0.2, -0.15) is 12.6 Å².